The van der Waals surface area contributed by atoms with Crippen molar-refractivity contribution in [3.05, 3.63) is 46.5 Å². The summed E-state index contributed by atoms with van der Waals surface area (Å²) in [6, 6.07) is 8.59. The number of carbonyl (C=O) groups is 1. The molecular formula is C20H21ClN2O4. The van der Waals surface area contributed by atoms with Crippen molar-refractivity contribution >= 4 is 34.8 Å². The maximum atomic E-state index is 12.7. The lowest BCUT2D eigenvalue weighted by Crippen LogP contribution is -2.16. The summed E-state index contributed by atoms with van der Waals surface area (Å²) in [5, 5.41) is 0.0724. The summed E-state index contributed by atoms with van der Waals surface area (Å²) in [6.45, 7) is 0.915. The quantitative estimate of drug-likeness (QED) is 0.479. The predicted molar refractivity (Wildman–Crippen MR) is 107 cm³/mol. The highest BCUT2D eigenvalue weighted by atomic mass is 35.5. The van der Waals surface area contributed by atoms with E-state index in [4.69, 9.17) is 31.5 Å². The van der Waals surface area contributed by atoms with Crippen LogP contribution in [0.25, 0.3) is 6.08 Å². The van der Waals surface area contributed by atoms with Gasteiger partial charge in [0.25, 0.3) is 0 Å². The molecule has 142 valence electrons. The Bertz CT molecular complexity index is 892. The van der Waals surface area contributed by atoms with Crippen LogP contribution in [0.4, 0.5) is 11.4 Å². The van der Waals surface area contributed by atoms with E-state index in [0.29, 0.717) is 47.3 Å². The number of Topliss-reactive ketones (excluding diaryl/α,β-unsaturated/α-hetero) is 1. The number of benzene rings is 2. The van der Waals surface area contributed by atoms with E-state index in [1.54, 1.807) is 43.5 Å². The average molecular weight is 389 g/mol. The Morgan fingerprint density at radius 1 is 1.22 bits per heavy atom. The highest BCUT2D eigenvalue weighted by Gasteiger charge is 2.19. The van der Waals surface area contributed by atoms with Crippen LogP contribution in [0.1, 0.15) is 15.9 Å². The number of allylic oxidation sites excluding steroid dienone is 1. The van der Waals surface area contributed by atoms with Crippen LogP contribution < -0.4 is 24.8 Å². The third-order valence-electron chi connectivity index (χ3n) is 4.14. The molecule has 1 aliphatic rings. The van der Waals surface area contributed by atoms with Gasteiger partial charge in [-0.2, -0.15) is 0 Å². The summed E-state index contributed by atoms with van der Waals surface area (Å²) in [6.07, 6.45) is 1.58. The van der Waals surface area contributed by atoms with Crippen molar-refractivity contribution in [2.45, 2.75) is 0 Å². The van der Waals surface area contributed by atoms with Crippen molar-refractivity contribution in [1.29, 1.82) is 0 Å². The Morgan fingerprint density at radius 2 is 1.96 bits per heavy atom. The Balaban J connectivity index is 1.93. The number of ketones is 1. The summed E-state index contributed by atoms with van der Waals surface area (Å²) in [4.78, 5) is 14.6. The molecule has 0 saturated heterocycles. The molecule has 0 saturated carbocycles. The zero-order chi connectivity index (χ0) is 19.6. The molecule has 0 fully saturated rings. The summed E-state index contributed by atoms with van der Waals surface area (Å²) in [5.41, 5.74) is 8.43. The molecule has 27 heavy (non-hydrogen) atoms. The Morgan fingerprint density at radius 3 is 2.67 bits per heavy atom. The van der Waals surface area contributed by atoms with Crippen molar-refractivity contribution in [3.8, 4) is 17.2 Å². The summed E-state index contributed by atoms with van der Waals surface area (Å²) in [5.74, 6) is 1.34. The molecule has 1 aliphatic heterocycles. The molecule has 0 spiro atoms. The van der Waals surface area contributed by atoms with Crippen molar-refractivity contribution in [2.75, 3.05) is 45.1 Å². The van der Waals surface area contributed by atoms with Gasteiger partial charge in [-0.15, -0.1) is 0 Å². The van der Waals surface area contributed by atoms with Crippen LogP contribution in [0.2, 0.25) is 0 Å². The fourth-order valence-corrected chi connectivity index (χ4v) is 3.03. The minimum absolute atomic E-state index is 0.0724. The SMILES string of the molecule is COc1cc(C=C(Cl)C(=O)c2ccc(N)c(N(C)C)c2)cc2c1OCCO2. The van der Waals surface area contributed by atoms with Crippen LogP contribution in [0.3, 0.4) is 0 Å². The number of nitrogen functional groups attached to an aromatic ring is 1. The minimum atomic E-state index is -0.298. The fraction of sp³-hybridized carbons (Fsp3) is 0.250. The number of anilines is 2. The van der Waals surface area contributed by atoms with Gasteiger partial charge in [-0.05, 0) is 42.0 Å². The van der Waals surface area contributed by atoms with Crippen molar-refractivity contribution in [2.24, 2.45) is 0 Å². The minimum Gasteiger partial charge on any atom is -0.493 e. The Hall–Kier alpha value is -2.86. The first-order valence-corrected chi connectivity index (χ1v) is 8.75. The monoisotopic (exact) mass is 388 g/mol. The van der Waals surface area contributed by atoms with E-state index in [0.717, 1.165) is 5.69 Å². The maximum absolute atomic E-state index is 12.7. The molecule has 7 heteroatoms. The number of hydrogen-bond acceptors (Lipinski definition) is 6. The standard InChI is InChI=1S/C20H21ClN2O4/c1-23(2)16-11-13(4-5-15(16)22)19(24)14(21)8-12-9-17(25-3)20-18(10-12)26-6-7-27-20/h4-5,8-11H,6-7,22H2,1-3H3. The normalized spacial score (nSPS) is 13.3. The number of carbonyl (C=O) groups excluding carboxylic acids is 1. The average Bonchev–Trinajstić information content (AvgIpc) is 2.66. The van der Waals surface area contributed by atoms with E-state index in [-0.39, 0.29) is 10.8 Å². The number of fused-ring (bicyclic) bond motifs is 1. The Kier molecular flexibility index (Phi) is 5.46. The molecule has 0 aromatic heterocycles. The van der Waals surface area contributed by atoms with Crippen molar-refractivity contribution in [1.82, 2.24) is 0 Å². The second-order valence-corrected chi connectivity index (χ2v) is 6.64. The first kappa shape index (κ1) is 18.9. The number of rotatable bonds is 5. The van der Waals surface area contributed by atoms with Gasteiger partial charge in [0.2, 0.25) is 11.5 Å². The van der Waals surface area contributed by atoms with E-state index in [2.05, 4.69) is 0 Å². The van der Waals surface area contributed by atoms with Gasteiger partial charge in [-0.3, -0.25) is 4.79 Å². The van der Waals surface area contributed by atoms with Crippen molar-refractivity contribution < 1.29 is 19.0 Å². The van der Waals surface area contributed by atoms with E-state index in [1.807, 2.05) is 19.0 Å². The molecule has 0 amide bonds. The third kappa shape index (κ3) is 3.95. The van der Waals surface area contributed by atoms with Crippen LogP contribution >= 0.6 is 11.6 Å². The lowest BCUT2D eigenvalue weighted by atomic mass is 10.1. The number of nitrogens with zero attached hydrogens (tertiary/aromatic N) is 1. The number of nitrogens with two attached hydrogens (primary N) is 1. The lowest BCUT2D eigenvalue weighted by Gasteiger charge is -2.21. The number of hydrogen-bond donors (Lipinski definition) is 1. The van der Waals surface area contributed by atoms with Crippen molar-refractivity contribution in [3.63, 3.8) is 0 Å². The fourth-order valence-electron chi connectivity index (χ4n) is 2.80. The van der Waals surface area contributed by atoms with Crippen LogP contribution in [0.15, 0.2) is 35.4 Å². The maximum Gasteiger partial charge on any atom is 0.204 e. The van der Waals surface area contributed by atoms with E-state index in [1.165, 1.54) is 0 Å². The smallest absolute Gasteiger partial charge is 0.204 e. The first-order valence-electron chi connectivity index (χ1n) is 8.37. The van der Waals surface area contributed by atoms with Gasteiger partial charge in [0.05, 0.1) is 23.5 Å². The molecule has 1 heterocycles. The largest absolute Gasteiger partial charge is 0.493 e. The van der Waals surface area contributed by atoms with Crippen LogP contribution in [0.5, 0.6) is 17.2 Å². The molecule has 2 N–H and O–H groups in total. The van der Waals surface area contributed by atoms with Gasteiger partial charge < -0.3 is 24.8 Å². The van der Waals surface area contributed by atoms with E-state index < -0.39 is 0 Å². The highest BCUT2D eigenvalue weighted by molar-refractivity contribution is 6.47. The second kappa shape index (κ2) is 7.80. The molecule has 0 bridgehead atoms. The number of halogens is 1. The second-order valence-electron chi connectivity index (χ2n) is 6.24. The van der Waals surface area contributed by atoms with Gasteiger partial charge in [0, 0.05) is 19.7 Å². The molecule has 0 aliphatic carbocycles. The van der Waals surface area contributed by atoms with Gasteiger partial charge in [-0.1, -0.05) is 11.6 Å². The molecule has 0 radical (unpaired) electrons. The molecule has 0 atom stereocenters. The summed E-state index contributed by atoms with van der Waals surface area (Å²) < 4.78 is 16.5. The summed E-state index contributed by atoms with van der Waals surface area (Å²) in [7, 11) is 5.27. The predicted octanol–water partition coefficient (Wildman–Crippen LogP) is 3.58. The van der Waals surface area contributed by atoms with Crippen LogP contribution in [-0.2, 0) is 0 Å². The molecule has 6 nitrogen and oxygen atoms in total. The van der Waals surface area contributed by atoms with Crippen LogP contribution in [-0.4, -0.2) is 40.2 Å². The molecule has 2 aromatic rings. The topological polar surface area (TPSA) is 74.0 Å². The van der Waals surface area contributed by atoms with Crippen LogP contribution in [0, 0.1) is 0 Å². The molecule has 2 aromatic carbocycles. The van der Waals surface area contributed by atoms with Gasteiger partial charge >= 0.3 is 0 Å². The molecular weight excluding hydrogens is 368 g/mol. The zero-order valence-corrected chi connectivity index (χ0v) is 16.2. The zero-order valence-electron chi connectivity index (χ0n) is 15.4. The van der Waals surface area contributed by atoms with Gasteiger partial charge in [-0.25, -0.2) is 0 Å². The van der Waals surface area contributed by atoms with E-state index >= 15 is 0 Å². The summed E-state index contributed by atoms with van der Waals surface area (Å²) >= 11 is 6.30. The highest BCUT2D eigenvalue weighted by Crippen LogP contribution is 2.41. The third-order valence-corrected chi connectivity index (χ3v) is 4.42. The van der Waals surface area contributed by atoms with E-state index in [9.17, 15) is 4.79 Å². The lowest BCUT2D eigenvalue weighted by molar-refractivity contribution is 0.104. The molecule has 3 rings (SSSR count). The Labute approximate surface area is 163 Å². The number of methoxy groups -OCH3 is 1. The first-order chi connectivity index (χ1) is 12.9. The van der Waals surface area contributed by atoms with Gasteiger partial charge in [0.15, 0.2) is 11.5 Å². The number of ether oxygens (including phenoxy) is 3. The van der Waals surface area contributed by atoms with Gasteiger partial charge in [0.1, 0.15) is 13.2 Å². The molecule has 0 unspecified atom stereocenters.